The summed E-state index contributed by atoms with van der Waals surface area (Å²) in [4.78, 5) is 13.5. The molecule has 2 aliphatic rings. The highest BCUT2D eigenvalue weighted by molar-refractivity contribution is 5.79. The monoisotopic (exact) mass is 231 g/mol. The van der Waals surface area contributed by atoms with Crippen molar-refractivity contribution in [3.8, 4) is 0 Å². The number of aliphatic carboxylic acids is 1. The number of benzene rings is 1. The number of hydrogen-bond donors (Lipinski definition) is 1. The molecular weight excluding hydrogens is 214 g/mol. The molecule has 1 heterocycles. The molecule has 2 atom stereocenters. The summed E-state index contributed by atoms with van der Waals surface area (Å²) in [6, 6.07) is 10.4. The Balaban J connectivity index is 1.54. The number of rotatable bonds is 4. The van der Waals surface area contributed by atoms with Gasteiger partial charge in [0.25, 0.3) is 0 Å². The first-order valence-corrected chi connectivity index (χ1v) is 6.20. The fourth-order valence-corrected chi connectivity index (χ4v) is 3.02. The molecule has 0 bridgehead atoms. The molecule has 1 aliphatic heterocycles. The van der Waals surface area contributed by atoms with E-state index in [1.807, 2.05) is 6.07 Å². The lowest BCUT2D eigenvalue weighted by Gasteiger charge is -2.18. The summed E-state index contributed by atoms with van der Waals surface area (Å²) in [6.45, 7) is 2.70. The zero-order chi connectivity index (χ0) is 11.9. The maximum absolute atomic E-state index is 11.2. The molecule has 1 aromatic carbocycles. The molecule has 1 aromatic rings. The van der Waals surface area contributed by atoms with E-state index in [0.29, 0.717) is 5.92 Å². The van der Waals surface area contributed by atoms with E-state index in [4.69, 9.17) is 0 Å². The largest absolute Gasteiger partial charge is 0.481 e. The van der Waals surface area contributed by atoms with Crippen molar-refractivity contribution in [1.82, 2.24) is 4.90 Å². The van der Waals surface area contributed by atoms with Crippen molar-refractivity contribution in [2.24, 2.45) is 11.3 Å². The lowest BCUT2D eigenvalue weighted by Crippen LogP contribution is -2.30. The van der Waals surface area contributed by atoms with Crippen LogP contribution in [-0.2, 0) is 11.2 Å². The van der Waals surface area contributed by atoms with Crippen LogP contribution in [0.1, 0.15) is 12.0 Å². The van der Waals surface area contributed by atoms with Crippen LogP contribution in [0, 0.1) is 11.3 Å². The van der Waals surface area contributed by atoms with Gasteiger partial charge in [0, 0.05) is 19.6 Å². The fourth-order valence-electron chi connectivity index (χ4n) is 3.02. The summed E-state index contributed by atoms with van der Waals surface area (Å²) in [5.74, 6) is -0.180. The summed E-state index contributed by atoms with van der Waals surface area (Å²) >= 11 is 0. The smallest absolute Gasteiger partial charge is 0.311 e. The average Bonchev–Trinajstić information content (AvgIpc) is 2.92. The Kier molecular flexibility index (Phi) is 2.44. The molecule has 0 radical (unpaired) electrons. The van der Waals surface area contributed by atoms with Crippen LogP contribution in [0.3, 0.4) is 0 Å². The molecule has 17 heavy (non-hydrogen) atoms. The van der Waals surface area contributed by atoms with Gasteiger partial charge in [0.05, 0.1) is 5.41 Å². The molecule has 0 amide bonds. The Morgan fingerprint density at radius 2 is 2.18 bits per heavy atom. The molecule has 90 valence electrons. The first-order valence-electron chi connectivity index (χ1n) is 6.20. The summed E-state index contributed by atoms with van der Waals surface area (Å²) in [6.07, 6.45) is 1.91. The summed E-state index contributed by atoms with van der Waals surface area (Å²) in [5, 5.41) is 9.19. The zero-order valence-electron chi connectivity index (χ0n) is 9.80. The predicted octanol–water partition coefficient (Wildman–Crippen LogP) is 1.64. The number of fused-ring (bicyclic) bond motifs is 1. The van der Waals surface area contributed by atoms with Gasteiger partial charge in [-0.25, -0.2) is 0 Å². The van der Waals surface area contributed by atoms with Gasteiger partial charge >= 0.3 is 5.97 Å². The number of likely N-dealkylation sites (tertiary alicyclic amines) is 1. The standard InChI is InChI=1S/C14H17NO2/c16-13(17)14-8-12(14)9-15(10-14)7-6-11-4-2-1-3-5-11/h1-5,12H,6-10H2,(H,16,17). The lowest BCUT2D eigenvalue weighted by molar-refractivity contribution is -0.143. The van der Waals surface area contributed by atoms with Gasteiger partial charge in [-0.1, -0.05) is 30.3 Å². The lowest BCUT2D eigenvalue weighted by atomic mass is 10.1. The second-order valence-corrected chi connectivity index (χ2v) is 5.33. The maximum atomic E-state index is 11.2. The number of carboxylic acid groups (broad SMARTS) is 1. The van der Waals surface area contributed by atoms with Crippen molar-refractivity contribution in [1.29, 1.82) is 0 Å². The fraction of sp³-hybridized carbons (Fsp3) is 0.500. The Bertz CT molecular complexity index is 431. The highest BCUT2D eigenvalue weighted by atomic mass is 16.4. The van der Waals surface area contributed by atoms with E-state index in [0.717, 1.165) is 32.5 Å². The normalized spacial score (nSPS) is 31.2. The molecule has 2 unspecified atom stereocenters. The van der Waals surface area contributed by atoms with E-state index in [1.165, 1.54) is 5.56 Å². The van der Waals surface area contributed by atoms with Gasteiger partial charge in [-0.05, 0) is 24.3 Å². The number of hydrogen-bond acceptors (Lipinski definition) is 2. The SMILES string of the molecule is O=C(O)C12CC1CN(CCc1ccccc1)C2. The van der Waals surface area contributed by atoms with Crippen molar-refractivity contribution >= 4 is 5.97 Å². The number of piperidine rings is 1. The first kappa shape index (κ1) is 10.8. The molecule has 1 aliphatic carbocycles. The second-order valence-electron chi connectivity index (χ2n) is 5.33. The Labute approximate surface area is 101 Å². The molecule has 0 aromatic heterocycles. The third-order valence-electron chi connectivity index (χ3n) is 4.20. The minimum absolute atomic E-state index is 0.378. The zero-order valence-corrected chi connectivity index (χ0v) is 9.80. The molecule has 1 saturated heterocycles. The minimum Gasteiger partial charge on any atom is -0.481 e. The van der Waals surface area contributed by atoms with Gasteiger partial charge in [-0.2, -0.15) is 0 Å². The summed E-state index contributed by atoms with van der Waals surface area (Å²) < 4.78 is 0. The number of carboxylic acids is 1. The van der Waals surface area contributed by atoms with E-state index in [9.17, 15) is 9.90 Å². The van der Waals surface area contributed by atoms with Crippen molar-refractivity contribution in [2.45, 2.75) is 12.8 Å². The third kappa shape index (κ3) is 1.84. The van der Waals surface area contributed by atoms with Crippen LogP contribution in [0.15, 0.2) is 30.3 Å². The quantitative estimate of drug-likeness (QED) is 0.856. The van der Waals surface area contributed by atoms with Crippen LogP contribution in [0.2, 0.25) is 0 Å². The molecular formula is C14H17NO2. The van der Waals surface area contributed by atoms with E-state index in [2.05, 4.69) is 29.2 Å². The van der Waals surface area contributed by atoms with E-state index >= 15 is 0 Å². The van der Waals surface area contributed by atoms with Crippen molar-refractivity contribution in [2.75, 3.05) is 19.6 Å². The van der Waals surface area contributed by atoms with Gasteiger partial charge in [0.2, 0.25) is 0 Å². The molecule has 1 saturated carbocycles. The average molecular weight is 231 g/mol. The van der Waals surface area contributed by atoms with Gasteiger partial charge in [0.1, 0.15) is 0 Å². The highest BCUT2D eigenvalue weighted by Crippen LogP contribution is 2.57. The van der Waals surface area contributed by atoms with Gasteiger partial charge in [-0.3, -0.25) is 4.79 Å². The second kappa shape index (κ2) is 3.84. The van der Waals surface area contributed by atoms with Crippen LogP contribution in [0.5, 0.6) is 0 Å². The van der Waals surface area contributed by atoms with Crippen molar-refractivity contribution in [3.63, 3.8) is 0 Å². The van der Waals surface area contributed by atoms with Crippen LogP contribution >= 0.6 is 0 Å². The minimum atomic E-state index is -0.593. The predicted molar refractivity (Wildman–Crippen MR) is 64.8 cm³/mol. The topological polar surface area (TPSA) is 40.5 Å². The van der Waals surface area contributed by atoms with E-state index in [-0.39, 0.29) is 5.41 Å². The van der Waals surface area contributed by atoms with Crippen LogP contribution in [0.25, 0.3) is 0 Å². The first-order chi connectivity index (χ1) is 8.21. The van der Waals surface area contributed by atoms with Crippen molar-refractivity contribution < 1.29 is 9.90 Å². The Morgan fingerprint density at radius 3 is 2.82 bits per heavy atom. The van der Waals surface area contributed by atoms with Crippen LogP contribution in [0.4, 0.5) is 0 Å². The highest BCUT2D eigenvalue weighted by Gasteiger charge is 2.65. The Morgan fingerprint density at radius 1 is 1.41 bits per heavy atom. The molecule has 1 N–H and O–H groups in total. The van der Waals surface area contributed by atoms with Gasteiger partial charge in [-0.15, -0.1) is 0 Å². The summed E-state index contributed by atoms with van der Waals surface area (Å²) in [7, 11) is 0. The van der Waals surface area contributed by atoms with E-state index in [1.54, 1.807) is 0 Å². The third-order valence-corrected chi connectivity index (χ3v) is 4.20. The summed E-state index contributed by atoms with van der Waals surface area (Å²) in [5.41, 5.74) is 0.953. The molecule has 3 rings (SSSR count). The van der Waals surface area contributed by atoms with Crippen LogP contribution < -0.4 is 0 Å². The maximum Gasteiger partial charge on any atom is 0.311 e. The van der Waals surface area contributed by atoms with E-state index < -0.39 is 5.97 Å². The number of carbonyl (C=O) groups is 1. The molecule has 3 nitrogen and oxygen atoms in total. The molecule has 2 fully saturated rings. The van der Waals surface area contributed by atoms with Gasteiger partial charge < -0.3 is 10.0 Å². The van der Waals surface area contributed by atoms with Crippen LogP contribution in [-0.4, -0.2) is 35.6 Å². The molecule has 3 heteroatoms. The van der Waals surface area contributed by atoms with Crippen molar-refractivity contribution in [3.05, 3.63) is 35.9 Å². The van der Waals surface area contributed by atoms with Gasteiger partial charge in [0.15, 0.2) is 0 Å². The Hall–Kier alpha value is -1.35. The number of nitrogens with zero attached hydrogens (tertiary/aromatic N) is 1. The molecule has 0 spiro atoms.